The number of hydrogen-bond donors (Lipinski definition) is 1. The number of nitriles is 1. The molecule has 3 aliphatic rings. The third kappa shape index (κ3) is 3.03. The van der Waals surface area contributed by atoms with Gasteiger partial charge in [-0.15, -0.1) is 0 Å². The van der Waals surface area contributed by atoms with Crippen molar-refractivity contribution >= 4 is 0 Å². The van der Waals surface area contributed by atoms with Gasteiger partial charge in [0, 0.05) is 22.7 Å². The Kier molecular flexibility index (Phi) is 4.75. The van der Waals surface area contributed by atoms with Crippen LogP contribution in [0.4, 0.5) is 0 Å². The number of fused-ring (bicyclic) bond motifs is 3. The van der Waals surface area contributed by atoms with Gasteiger partial charge >= 0.3 is 0 Å². The van der Waals surface area contributed by atoms with Gasteiger partial charge in [0.25, 0.3) is 0 Å². The van der Waals surface area contributed by atoms with Crippen LogP contribution < -0.4 is 0 Å². The van der Waals surface area contributed by atoms with Crippen LogP contribution in [0.5, 0.6) is 0 Å². The van der Waals surface area contributed by atoms with E-state index in [0.29, 0.717) is 11.5 Å². The average molecular weight is 412 g/mol. The Bertz CT molecular complexity index is 1140. The molecule has 1 aromatic heterocycles. The van der Waals surface area contributed by atoms with Gasteiger partial charge in [0.2, 0.25) is 0 Å². The molecule has 158 valence electrons. The van der Waals surface area contributed by atoms with Crippen LogP contribution in [0.2, 0.25) is 0 Å². The number of aryl methyl sites for hydroxylation is 1. The van der Waals surface area contributed by atoms with E-state index in [0.717, 1.165) is 36.5 Å². The van der Waals surface area contributed by atoms with Crippen molar-refractivity contribution in [1.29, 1.82) is 5.26 Å². The summed E-state index contributed by atoms with van der Waals surface area (Å²) in [6, 6.07) is 11.1. The molecule has 0 spiro atoms. The monoisotopic (exact) mass is 411 g/mol. The summed E-state index contributed by atoms with van der Waals surface area (Å²) in [5, 5.41) is 20.2. The Balaban J connectivity index is 1.56. The standard InChI is InChI=1S/C27H29N3O/c1-17-23-13-14-24-26(27(23,3)15-21(16-28)25(17)31)29-18(2)30(24)22-11-9-20(10-12-22)19-7-5-4-6-8-19/h4-7,9-12,15,17,19,23,25,31H,8,13-14H2,1-3H3/t17-,19?,23?,25?,27-/m0/s1. The van der Waals surface area contributed by atoms with E-state index in [1.54, 1.807) is 0 Å². The van der Waals surface area contributed by atoms with E-state index in [2.05, 4.69) is 80.0 Å². The molecule has 3 aliphatic carbocycles. The lowest BCUT2D eigenvalue weighted by Crippen LogP contribution is -2.47. The minimum atomic E-state index is -0.677. The summed E-state index contributed by atoms with van der Waals surface area (Å²) in [6.07, 6.45) is 13.0. The van der Waals surface area contributed by atoms with Gasteiger partial charge in [-0.25, -0.2) is 4.98 Å². The number of aromatic nitrogens is 2. The molecule has 5 atom stereocenters. The van der Waals surface area contributed by atoms with Gasteiger partial charge in [-0.05, 0) is 55.7 Å². The van der Waals surface area contributed by atoms with E-state index >= 15 is 0 Å². The fraction of sp³-hybridized carbons (Fsp3) is 0.407. The smallest absolute Gasteiger partial charge is 0.110 e. The van der Waals surface area contributed by atoms with Crippen molar-refractivity contribution in [2.24, 2.45) is 11.8 Å². The van der Waals surface area contributed by atoms with E-state index < -0.39 is 6.10 Å². The minimum Gasteiger partial charge on any atom is -0.387 e. The Labute approximate surface area is 184 Å². The van der Waals surface area contributed by atoms with Crippen molar-refractivity contribution < 1.29 is 5.11 Å². The lowest BCUT2D eigenvalue weighted by Gasteiger charge is -2.46. The Morgan fingerprint density at radius 1 is 1.23 bits per heavy atom. The molecule has 0 aliphatic heterocycles. The number of hydrogen-bond acceptors (Lipinski definition) is 3. The highest BCUT2D eigenvalue weighted by atomic mass is 16.3. The minimum absolute atomic E-state index is 0.0418. The number of allylic oxidation sites excluding steroid dienone is 5. The number of imidazole rings is 1. The molecule has 3 unspecified atom stereocenters. The van der Waals surface area contributed by atoms with Crippen molar-refractivity contribution in [2.75, 3.05) is 0 Å². The number of aliphatic hydroxyl groups excluding tert-OH is 1. The Morgan fingerprint density at radius 2 is 2.00 bits per heavy atom. The zero-order valence-electron chi connectivity index (χ0n) is 18.4. The number of benzene rings is 1. The van der Waals surface area contributed by atoms with E-state index in [1.807, 2.05) is 6.08 Å². The molecule has 31 heavy (non-hydrogen) atoms. The molecule has 0 saturated carbocycles. The van der Waals surface area contributed by atoms with E-state index in [9.17, 15) is 10.4 Å². The predicted molar refractivity (Wildman–Crippen MR) is 122 cm³/mol. The lowest BCUT2D eigenvalue weighted by molar-refractivity contribution is 0.0668. The zero-order chi connectivity index (χ0) is 21.8. The SMILES string of the molecule is Cc1nc2c(n1-c1ccc(C3C=CC=CC3)cc1)CCC1[C@H](C)C(O)C(C#N)=C[C@]21C. The normalized spacial score (nSPS) is 31.5. The summed E-state index contributed by atoms with van der Waals surface area (Å²) in [5.74, 6) is 1.75. The van der Waals surface area contributed by atoms with Crippen molar-refractivity contribution in [2.45, 2.75) is 57.5 Å². The molecular weight excluding hydrogens is 382 g/mol. The van der Waals surface area contributed by atoms with Gasteiger partial charge in [0.15, 0.2) is 0 Å². The Morgan fingerprint density at radius 3 is 2.68 bits per heavy atom. The first-order valence-electron chi connectivity index (χ1n) is 11.3. The van der Waals surface area contributed by atoms with E-state index in [1.165, 1.54) is 11.3 Å². The predicted octanol–water partition coefficient (Wildman–Crippen LogP) is 5.06. The first-order valence-corrected chi connectivity index (χ1v) is 11.3. The van der Waals surface area contributed by atoms with Crippen molar-refractivity contribution in [1.82, 2.24) is 9.55 Å². The second kappa shape index (κ2) is 7.35. The highest BCUT2D eigenvalue weighted by Crippen LogP contribution is 2.51. The molecule has 0 bridgehead atoms. The van der Waals surface area contributed by atoms with Crippen LogP contribution in [0.25, 0.3) is 5.69 Å². The largest absolute Gasteiger partial charge is 0.387 e. The quantitative estimate of drug-likeness (QED) is 0.751. The van der Waals surface area contributed by atoms with E-state index in [-0.39, 0.29) is 17.3 Å². The number of nitrogens with zero attached hydrogens (tertiary/aromatic N) is 3. The van der Waals surface area contributed by atoms with Gasteiger partial charge in [-0.1, -0.05) is 56.4 Å². The molecule has 2 aromatic rings. The molecule has 5 rings (SSSR count). The fourth-order valence-corrected chi connectivity index (χ4v) is 6.04. The number of rotatable bonds is 2. The third-order valence-electron chi connectivity index (χ3n) is 7.71. The van der Waals surface area contributed by atoms with Crippen LogP contribution in [0.15, 0.2) is 60.2 Å². The zero-order valence-corrected chi connectivity index (χ0v) is 18.4. The van der Waals surface area contributed by atoms with Gasteiger partial charge in [0.1, 0.15) is 5.82 Å². The highest BCUT2D eigenvalue weighted by Gasteiger charge is 2.50. The lowest BCUT2D eigenvalue weighted by atomic mass is 9.58. The second-order valence-electron chi connectivity index (χ2n) is 9.48. The van der Waals surface area contributed by atoms with Crippen LogP contribution in [-0.4, -0.2) is 20.8 Å². The fourth-order valence-electron chi connectivity index (χ4n) is 6.04. The molecular formula is C27H29N3O. The first-order chi connectivity index (χ1) is 14.9. The summed E-state index contributed by atoms with van der Waals surface area (Å²) in [7, 11) is 0. The molecule has 0 amide bonds. The van der Waals surface area contributed by atoms with Gasteiger partial charge in [-0.3, -0.25) is 0 Å². The van der Waals surface area contributed by atoms with Gasteiger partial charge in [-0.2, -0.15) is 5.26 Å². The summed E-state index contributed by atoms with van der Waals surface area (Å²) >= 11 is 0. The van der Waals surface area contributed by atoms with Crippen LogP contribution in [0.3, 0.4) is 0 Å². The maximum absolute atomic E-state index is 10.6. The Hall–Kier alpha value is -2.90. The van der Waals surface area contributed by atoms with Gasteiger partial charge < -0.3 is 9.67 Å². The topological polar surface area (TPSA) is 61.8 Å². The first kappa shape index (κ1) is 20.0. The molecule has 0 saturated heterocycles. The van der Waals surface area contributed by atoms with Crippen LogP contribution in [-0.2, 0) is 11.8 Å². The second-order valence-corrected chi connectivity index (χ2v) is 9.48. The maximum Gasteiger partial charge on any atom is 0.110 e. The summed E-state index contributed by atoms with van der Waals surface area (Å²) in [5.41, 5.74) is 4.93. The summed E-state index contributed by atoms with van der Waals surface area (Å²) < 4.78 is 2.28. The third-order valence-corrected chi connectivity index (χ3v) is 7.71. The van der Waals surface area contributed by atoms with Crippen molar-refractivity contribution in [3.05, 3.63) is 83.0 Å². The molecule has 4 nitrogen and oxygen atoms in total. The number of aliphatic hydroxyl groups is 1. The molecule has 0 fully saturated rings. The van der Waals surface area contributed by atoms with Crippen LogP contribution >= 0.6 is 0 Å². The summed E-state index contributed by atoms with van der Waals surface area (Å²) in [6.45, 7) is 6.33. The molecule has 1 aromatic carbocycles. The molecule has 0 radical (unpaired) electrons. The van der Waals surface area contributed by atoms with E-state index in [4.69, 9.17) is 4.98 Å². The average Bonchev–Trinajstić information content (AvgIpc) is 3.14. The highest BCUT2D eigenvalue weighted by molar-refractivity contribution is 5.47. The van der Waals surface area contributed by atoms with Gasteiger partial charge in [0.05, 0.1) is 23.4 Å². The molecule has 1 N–H and O–H groups in total. The maximum atomic E-state index is 10.6. The summed E-state index contributed by atoms with van der Waals surface area (Å²) in [4.78, 5) is 5.03. The van der Waals surface area contributed by atoms with Crippen LogP contribution in [0, 0.1) is 30.1 Å². The van der Waals surface area contributed by atoms with Crippen molar-refractivity contribution in [3.63, 3.8) is 0 Å². The van der Waals surface area contributed by atoms with Crippen LogP contribution in [0.1, 0.15) is 55.4 Å². The van der Waals surface area contributed by atoms with Crippen molar-refractivity contribution in [3.8, 4) is 11.8 Å². The molecule has 4 heteroatoms. The molecule has 1 heterocycles.